The Morgan fingerprint density at radius 3 is 2.31 bits per heavy atom. The van der Waals surface area contributed by atoms with Crippen molar-refractivity contribution >= 4 is 11.8 Å². The summed E-state index contributed by atoms with van der Waals surface area (Å²) in [5.41, 5.74) is 0.622. The molecule has 5 nitrogen and oxygen atoms in total. The van der Waals surface area contributed by atoms with Crippen LogP contribution in [-0.4, -0.2) is 60.3 Å². The lowest BCUT2D eigenvalue weighted by molar-refractivity contribution is -0.138. The van der Waals surface area contributed by atoms with Gasteiger partial charge < -0.3 is 14.9 Å². The first-order chi connectivity index (χ1) is 13.8. The summed E-state index contributed by atoms with van der Waals surface area (Å²) in [5.74, 6) is 0. The normalized spacial score (nSPS) is 22.6. The van der Waals surface area contributed by atoms with Crippen molar-refractivity contribution in [3.63, 3.8) is 0 Å². The molecule has 0 aromatic heterocycles. The maximum absolute atomic E-state index is 13.8. The molecule has 3 saturated heterocycles. The third kappa shape index (κ3) is 4.17. The molecule has 0 radical (unpaired) electrons. The summed E-state index contributed by atoms with van der Waals surface area (Å²) in [5, 5.41) is 9.16. The van der Waals surface area contributed by atoms with Crippen LogP contribution in [0.2, 0.25) is 0 Å². The van der Waals surface area contributed by atoms with Gasteiger partial charge in [0.05, 0.1) is 5.56 Å². The number of piperidine rings is 1. The van der Waals surface area contributed by atoms with Gasteiger partial charge >= 0.3 is 12.3 Å². The molecule has 0 saturated carbocycles. The van der Waals surface area contributed by atoms with Crippen molar-refractivity contribution in [2.75, 3.05) is 44.2 Å². The number of alkyl halides is 3. The fourth-order valence-electron chi connectivity index (χ4n) is 5.23. The van der Waals surface area contributed by atoms with Crippen LogP contribution in [-0.2, 0) is 12.7 Å². The molecule has 1 amide bonds. The highest BCUT2D eigenvalue weighted by Gasteiger charge is 2.42. The van der Waals surface area contributed by atoms with Gasteiger partial charge in [0, 0.05) is 50.5 Å². The minimum absolute atomic E-state index is 0.0347. The third-order valence-corrected chi connectivity index (χ3v) is 6.90. The Balaban J connectivity index is 1.53. The maximum Gasteiger partial charge on any atom is 0.416 e. The van der Waals surface area contributed by atoms with Gasteiger partial charge in [-0.05, 0) is 56.2 Å². The van der Waals surface area contributed by atoms with Gasteiger partial charge in [0.15, 0.2) is 0 Å². The van der Waals surface area contributed by atoms with E-state index in [1.54, 1.807) is 0 Å². The van der Waals surface area contributed by atoms with Gasteiger partial charge in [-0.1, -0.05) is 6.07 Å². The van der Waals surface area contributed by atoms with Crippen LogP contribution in [0.25, 0.3) is 0 Å². The highest BCUT2D eigenvalue weighted by molar-refractivity contribution is 5.65. The Bertz CT molecular complexity index is 754. The molecular formula is C21H28F3N3O2. The van der Waals surface area contributed by atoms with Gasteiger partial charge in [-0.25, -0.2) is 4.79 Å². The minimum Gasteiger partial charge on any atom is -0.465 e. The second kappa shape index (κ2) is 7.70. The second-order valence-electron chi connectivity index (χ2n) is 8.73. The van der Waals surface area contributed by atoms with E-state index in [1.807, 2.05) is 6.07 Å². The van der Waals surface area contributed by atoms with E-state index in [2.05, 4.69) is 9.80 Å². The standard InChI is InChI=1S/C21H28F3N3O2/c22-21(23,24)17-4-3-5-18(26-9-1-2-10-26)16(17)14-25-11-6-20(15-25)7-12-27(13-8-20)19(28)29/h3-5H,1-2,6-15H2,(H,28,29). The summed E-state index contributed by atoms with van der Waals surface area (Å²) in [7, 11) is 0. The largest absolute Gasteiger partial charge is 0.465 e. The molecule has 3 aliphatic heterocycles. The van der Waals surface area contributed by atoms with Crippen LogP contribution in [0.1, 0.15) is 43.2 Å². The molecule has 1 spiro atoms. The van der Waals surface area contributed by atoms with Crippen molar-refractivity contribution < 1.29 is 23.1 Å². The van der Waals surface area contributed by atoms with Crippen molar-refractivity contribution in [3.8, 4) is 0 Å². The lowest BCUT2D eigenvalue weighted by atomic mass is 9.78. The number of carboxylic acid groups (broad SMARTS) is 1. The van der Waals surface area contributed by atoms with Crippen molar-refractivity contribution in [2.24, 2.45) is 5.41 Å². The molecule has 3 fully saturated rings. The fourth-order valence-corrected chi connectivity index (χ4v) is 5.23. The number of carbonyl (C=O) groups is 1. The molecule has 3 aliphatic rings. The average molecular weight is 411 g/mol. The molecule has 160 valence electrons. The van der Waals surface area contributed by atoms with E-state index in [0.717, 1.165) is 64.0 Å². The van der Waals surface area contributed by atoms with Gasteiger partial charge in [0.1, 0.15) is 0 Å². The van der Waals surface area contributed by atoms with Crippen LogP contribution in [0.4, 0.5) is 23.7 Å². The van der Waals surface area contributed by atoms with E-state index in [0.29, 0.717) is 25.2 Å². The van der Waals surface area contributed by atoms with Gasteiger partial charge in [0.25, 0.3) is 0 Å². The predicted octanol–water partition coefficient (Wildman–Crippen LogP) is 4.27. The summed E-state index contributed by atoms with van der Waals surface area (Å²) in [6.07, 6.45) is -0.719. The lowest BCUT2D eigenvalue weighted by Crippen LogP contribution is -2.43. The van der Waals surface area contributed by atoms with Gasteiger partial charge in [-0.2, -0.15) is 13.2 Å². The molecule has 0 aliphatic carbocycles. The predicted molar refractivity (Wildman–Crippen MR) is 104 cm³/mol. The van der Waals surface area contributed by atoms with Gasteiger partial charge in [0.2, 0.25) is 0 Å². The molecule has 3 heterocycles. The number of hydrogen-bond acceptors (Lipinski definition) is 3. The molecule has 1 N–H and O–H groups in total. The van der Waals surface area contributed by atoms with Gasteiger partial charge in [-0.15, -0.1) is 0 Å². The van der Waals surface area contributed by atoms with Crippen molar-refractivity contribution in [2.45, 2.75) is 44.8 Å². The zero-order valence-electron chi connectivity index (χ0n) is 16.5. The Morgan fingerprint density at radius 1 is 1.03 bits per heavy atom. The number of nitrogens with zero attached hydrogens (tertiary/aromatic N) is 3. The highest BCUT2D eigenvalue weighted by atomic mass is 19.4. The Labute approximate surface area is 169 Å². The van der Waals surface area contributed by atoms with Gasteiger partial charge in [-0.3, -0.25) is 4.90 Å². The maximum atomic E-state index is 13.8. The number of anilines is 1. The van der Waals surface area contributed by atoms with Crippen LogP contribution in [0.3, 0.4) is 0 Å². The summed E-state index contributed by atoms with van der Waals surface area (Å²) < 4.78 is 41.3. The number of likely N-dealkylation sites (tertiary alicyclic amines) is 2. The first-order valence-electron chi connectivity index (χ1n) is 10.4. The van der Waals surface area contributed by atoms with E-state index < -0.39 is 17.8 Å². The van der Waals surface area contributed by atoms with E-state index in [4.69, 9.17) is 5.11 Å². The second-order valence-corrected chi connectivity index (χ2v) is 8.73. The number of hydrogen-bond donors (Lipinski definition) is 1. The number of rotatable bonds is 3. The van der Waals surface area contributed by atoms with Crippen LogP contribution >= 0.6 is 0 Å². The van der Waals surface area contributed by atoms with Crippen molar-refractivity contribution in [1.82, 2.24) is 9.80 Å². The SMILES string of the molecule is O=C(O)N1CCC2(CCN(Cc3c(N4CCCC4)cccc3C(F)(F)F)C2)CC1. The van der Waals surface area contributed by atoms with Crippen molar-refractivity contribution in [1.29, 1.82) is 0 Å². The van der Waals surface area contributed by atoms with E-state index in [-0.39, 0.29) is 5.41 Å². The first kappa shape index (κ1) is 20.3. The highest BCUT2D eigenvalue weighted by Crippen LogP contribution is 2.43. The molecule has 0 unspecified atom stereocenters. The van der Waals surface area contributed by atoms with Crippen LogP contribution < -0.4 is 4.90 Å². The molecular weight excluding hydrogens is 383 g/mol. The molecule has 4 rings (SSSR count). The molecule has 0 atom stereocenters. The monoisotopic (exact) mass is 411 g/mol. The molecule has 0 bridgehead atoms. The lowest BCUT2D eigenvalue weighted by Gasteiger charge is -2.38. The van der Waals surface area contributed by atoms with Crippen molar-refractivity contribution in [3.05, 3.63) is 29.3 Å². The smallest absolute Gasteiger partial charge is 0.416 e. The Kier molecular flexibility index (Phi) is 5.40. The van der Waals surface area contributed by atoms with Crippen LogP contribution in [0.5, 0.6) is 0 Å². The quantitative estimate of drug-likeness (QED) is 0.807. The fraction of sp³-hybridized carbons (Fsp3) is 0.667. The summed E-state index contributed by atoms with van der Waals surface area (Å²) in [6, 6.07) is 4.55. The summed E-state index contributed by atoms with van der Waals surface area (Å²) >= 11 is 0. The Hall–Kier alpha value is -1.96. The zero-order chi connectivity index (χ0) is 20.6. The van der Waals surface area contributed by atoms with Crippen LogP contribution in [0, 0.1) is 5.41 Å². The number of amides is 1. The summed E-state index contributed by atoms with van der Waals surface area (Å²) in [4.78, 5) is 16.8. The third-order valence-electron chi connectivity index (χ3n) is 6.90. The molecule has 8 heteroatoms. The minimum atomic E-state index is -4.37. The summed E-state index contributed by atoms with van der Waals surface area (Å²) in [6.45, 7) is 4.45. The average Bonchev–Trinajstić information content (AvgIpc) is 3.32. The van der Waals surface area contributed by atoms with E-state index >= 15 is 0 Å². The molecule has 29 heavy (non-hydrogen) atoms. The topological polar surface area (TPSA) is 47.0 Å². The van der Waals surface area contributed by atoms with E-state index in [1.165, 1.54) is 17.0 Å². The van der Waals surface area contributed by atoms with E-state index in [9.17, 15) is 18.0 Å². The first-order valence-corrected chi connectivity index (χ1v) is 10.4. The molecule has 1 aromatic rings. The van der Waals surface area contributed by atoms with Crippen LogP contribution in [0.15, 0.2) is 18.2 Å². The Morgan fingerprint density at radius 2 is 1.69 bits per heavy atom. The number of halogens is 3. The number of benzene rings is 1. The zero-order valence-corrected chi connectivity index (χ0v) is 16.5. The molecule has 1 aromatic carbocycles.